The van der Waals surface area contributed by atoms with E-state index in [1.165, 1.54) is 0 Å². The topological polar surface area (TPSA) is 215 Å². The van der Waals surface area contributed by atoms with Crippen molar-refractivity contribution in [1.29, 1.82) is 0 Å². The van der Waals surface area contributed by atoms with Crippen molar-refractivity contribution in [2.24, 2.45) is 0 Å². The Morgan fingerprint density at radius 1 is 0.619 bits per heavy atom. The van der Waals surface area contributed by atoms with E-state index in [4.69, 9.17) is 19.4 Å². The van der Waals surface area contributed by atoms with Gasteiger partial charge in [0.1, 0.15) is 0 Å². The molecule has 12 N–H and O–H groups in total. The van der Waals surface area contributed by atoms with Crippen LogP contribution in [0.1, 0.15) is 0 Å². The second-order valence-electron chi connectivity index (χ2n) is 2.48. The van der Waals surface area contributed by atoms with Crippen molar-refractivity contribution < 1.29 is 48.0 Å². The van der Waals surface area contributed by atoms with Crippen LogP contribution in [0.2, 0.25) is 0 Å². The number of aromatic nitrogens is 2. The Kier molecular flexibility index (Phi) is 42.8. The molecule has 2 heterocycles. The van der Waals surface area contributed by atoms with Crippen LogP contribution in [0.15, 0.2) is 48.8 Å². The molecule has 0 radical (unpaired) electrons. The molecule has 0 saturated carbocycles. The fraction of sp³-hybridized carbons (Fsp3) is 0. The largest absolute Gasteiger partial charge is 0.255 e. The summed E-state index contributed by atoms with van der Waals surface area (Å²) in [5.41, 5.74) is 1.83. The van der Waals surface area contributed by atoms with E-state index in [0.29, 0.717) is 0 Å². The van der Waals surface area contributed by atoms with Gasteiger partial charge in [0.15, 0.2) is 0 Å². The van der Waals surface area contributed by atoms with Crippen molar-refractivity contribution in [1.82, 2.24) is 9.97 Å². The Balaban J connectivity index is -0.0000000583. The molecular weight excluding hydrogens is 416 g/mol. The van der Waals surface area contributed by atoms with Gasteiger partial charge in [-0.3, -0.25) is 9.97 Å². The van der Waals surface area contributed by atoms with Crippen LogP contribution in [-0.4, -0.2) is 42.8 Å². The summed E-state index contributed by atoms with van der Waals surface area (Å²) in [6, 6.07) is 11.6. The van der Waals surface area contributed by atoms with Gasteiger partial charge >= 0.3 is 34.5 Å². The maximum atomic E-state index is 4.85. The molecule has 0 bridgehead atoms. The summed E-state index contributed by atoms with van der Waals surface area (Å²) in [6.07, 6.45) is 3.54. The van der Waals surface area contributed by atoms with E-state index < -0.39 is 0 Å². The van der Waals surface area contributed by atoms with Gasteiger partial charge in [0.2, 0.25) is 0 Å². The van der Waals surface area contributed by atoms with Gasteiger partial charge in [0, 0.05) is 12.4 Å². The van der Waals surface area contributed by atoms with E-state index in [0.717, 1.165) is 11.4 Å². The predicted molar refractivity (Wildman–Crippen MR) is 80.9 cm³/mol. The van der Waals surface area contributed by atoms with Gasteiger partial charge in [0.05, 0.1) is 11.4 Å². The molecule has 0 aliphatic rings. The first kappa shape index (κ1) is 37.0. The zero-order valence-corrected chi connectivity index (χ0v) is 13.9. The Morgan fingerprint density at radius 2 is 0.905 bits per heavy atom. The molecule has 21 heavy (non-hydrogen) atoms. The van der Waals surface area contributed by atoms with E-state index in [1.54, 1.807) is 12.4 Å². The smallest absolute Gasteiger partial charge is 0.0886 e. The summed E-state index contributed by atoms with van der Waals surface area (Å²) in [7, 11) is 9.71. The van der Waals surface area contributed by atoms with Crippen molar-refractivity contribution >= 4 is 19.4 Å². The quantitative estimate of drug-likeness (QED) is 0.492. The van der Waals surface area contributed by atoms with Crippen molar-refractivity contribution in [3.05, 3.63) is 48.8 Å². The Morgan fingerprint density at radius 3 is 1.10 bits per heavy atom. The standard InChI is InChI=1S/C10H8N2.2ClH.6H2O.Ru/c1-3-7-11-9(5-1)10-6-2-4-8-12-10;;;;;;;;;/h1-8H;2*1H;6*1H2;/q;;;;;;;;;+2/p-2. The summed E-state index contributed by atoms with van der Waals surface area (Å²) >= 11 is -0.346. The maximum Gasteiger partial charge on any atom is 0.0886 e. The third kappa shape index (κ3) is 15.5. The molecule has 0 atom stereocenters. The molecule has 11 heteroatoms. The molecular formula is C10H20Cl2N2O6Ru. The molecule has 0 aromatic carbocycles. The van der Waals surface area contributed by atoms with Crippen LogP contribution in [0.3, 0.4) is 0 Å². The van der Waals surface area contributed by atoms with Gasteiger partial charge in [-0.25, -0.2) is 0 Å². The predicted octanol–water partition coefficient (Wildman–Crippen LogP) is -1.43. The van der Waals surface area contributed by atoms with Crippen molar-refractivity contribution in [2.75, 3.05) is 0 Å². The summed E-state index contributed by atoms with van der Waals surface area (Å²) in [4.78, 5) is 8.37. The average molecular weight is 436 g/mol. The molecule has 0 saturated heterocycles. The third-order valence-corrected chi connectivity index (χ3v) is 1.59. The minimum atomic E-state index is -0.346. The first-order chi connectivity index (χ1) is 7.38. The second-order valence-corrected chi connectivity index (χ2v) is 5.12. The number of pyridine rings is 2. The van der Waals surface area contributed by atoms with Crippen molar-refractivity contribution in [3.63, 3.8) is 0 Å². The number of hydrogen-bond acceptors (Lipinski definition) is 2. The third-order valence-electron chi connectivity index (χ3n) is 1.59. The normalized spacial score (nSPS) is 6.57. The van der Waals surface area contributed by atoms with Crippen LogP contribution in [0.5, 0.6) is 0 Å². The van der Waals surface area contributed by atoms with Crippen LogP contribution >= 0.6 is 19.4 Å². The minimum Gasteiger partial charge on any atom is -0.255 e. The van der Waals surface area contributed by atoms with E-state index in [2.05, 4.69) is 9.97 Å². The fourth-order valence-corrected chi connectivity index (χ4v) is 1.03. The minimum absolute atomic E-state index is 0. The van der Waals surface area contributed by atoms with Gasteiger partial charge in [-0.15, -0.1) is 0 Å². The average Bonchev–Trinajstić information content (AvgIpc) is 2.32. The first-order valence-corrected chi connectivity index (χ1v) is 8.53. The molecule has 8 nitrogen and oxygen atoms in total. The Bertz CT molecular complexity index is 350. The number of rotatable bonds is 1. The molecule has 0 fully saturated rings. The van der Waals surface area contributed by atoms with Gasteiger partial charge in [-0.2, -0.15) is 0 Å². The monoisotopic (exact) mass is 436 g/mol. The molecule has 2 aromatic rings. The SMILES string of the molecule is O.O.O.O.O.O.[Cl][Ru][Cl].c1ccc(-c2ccccn2)nc1. The van der Waals surface area contributed by atoms with Gasteiger partial charge in [-0.05, 0) is 24.3 Å². The maximum absolute atomic E-state index is 4.85. The van der Waals surface area contributed by atoms with Crippen LogP contribution in [0, 0.1) is 0 Å². The molecule has 2 rings (SSSR count). The van der Waals surface area contributed by atoms with Gasteiger partial charge in [0.25, 0.3) is 0 Å². The van der Waals surface area contributed by atoms with Crippen LogP contribution < -0.4 is 0 Å². The Labute approximate surface area is 137 Å². The molecule has 0 aliphatic heterocycles. The molecule has 2 aromatic heterocycles. The van der Waals surface area contributed by atoms with E-state index in [-0.39, 0.29) is 48.0 Å². The summed E-state index contributed by atoms with van der Waals surface area (Å²) < 4.78 is 0. The zero-order chi connectivity index (χ0) is 10.9. The molecule has 0 spiro atoms. The van der Waals surface area contributed by atoms with Crippen LogP contribution in [0.4, 0.5) is 0 Å². The van der Waals surface area contributed by atoms with Gasteiger partial charge < -0.3 is 32.9 Å². The fourth-order valence-electron chi connectivity index (χ4n) is 1.03. The number of halogens is 2. The van der Waals surface area contributed by atoms with E-state index in [9.17, 15) is 0 Å². The van der Waals surface area contributed by atoms with E-state index >= 15 is 0 Å². The summed E-state index contributed by atoms with van der Waals surface area (Å²) in [6.45, 7) is 0. The summed E-state index contributed by atoms with van der Waals surface area (Å²) in [5, 5.41) is 0. The number of hydrogen-bond donors (Lipinski definition) is 0. The molecule has 128 valence electrons. The van der Waals surface area contributed by atoms with Gasteiger partial charge in [-0.1, -0.05) is 12.1 Å². The van der Waals surface area contributed by atoms with Crippen LogP contribution in [0.25, 0.3) is 11.4 Å². The molecule has 0 amide bonds. The zero-order valence-electron chi connectivity index (χ0n) is 10.6. The van der Waals surface area contributed by atoms with Crippen molar-refractivity contribution in [3.8, 4) is 11.4 Å². The van der Waals surface area contributed by atoms with Crippen LogP contribution in [-0.2, 0) is 15.1 Å². The van der Waals surface area contributed by atoms with Crippen molar-refractivity contribution in [2.45, 2.75) is 0 Å². The number of nitrogens with zero attached hydrogens (tertiary/aromatic N) is 2. The second kappa shape index (κ2) is 24.3. The summed E-state index contributed by atoms with van der Waals surface area (Å²) in [5.74, 6) is 0. The molecule has 0 unspecified atom stereocenters. The molecule has 0 aliphatic carbocycles. The Hall–Kier alpha value is -0.737. The first-order valence-electron chi connectivity index (χ1n) is 4.06. The van der Waals surface area contributed by atoms with E-state index in [1.807, 2.05) is 36.4 Å².